The van der Waals surface area contributed by atoms with E-state index in [-0.39, 0.29) is 5.91 Å². The lowest BCUT2D eigenvalue weighted by Gasteiger charge is -2.30. The average Bonchev–Trinajstić information content (AvgIpc) is 3.20. The first-order valence-electron chi connectivity index (χ1n) is 10.9. The first kappa shape index (κ1) is 18.6. The Balaban J connectivity index is 1.19. The van der Waals surface area contributed by atoms with Gasteiger partial charge in [-0.05, 0) is 37.4 Å². The summed E-state index contributed by atoms with van der Waals surface area (Å²) in [5, 5.41) is 3.44. The van der Waals surface area contributed by atoms with Crippen LogP contribution in [0.15, 0.2) is 30.5 Å². The highest BCUT2D eigenvalue weighted by Gasteiger charge is 2.26. The van der Waals surface area contributed by atoms with Crippen molar-refractivity contribution in [2.75, 3.05) is 37.6 Å². The number of carbonyl (C=O) groups excluding carboxylic acids is 1. The van der Waals surface area contributed by atoms with E-state index < -0.39 is 0 Å². The summed E-state index contributed by atoms with van der Waals surface area (Å²) in [6.45, 7) is 5.30. The zero-order valence-corrected chi connectivity index (χ0v) is 16.9. The molecule has 0 radical (unpaired) electrons. The molecule has 0 saturated carbocycles. The monoisotopic (exact) mass is 391 g/mol. The summed E-state index contributed by atoms with van der Waals surface area (Å²) >= 11 is 0. The summed E-state index contributed by atoms with van der Waals surface area (Å²) in [4.78, 5) is 26.7. The van der Waals surface area contributed by atoms with Gasteiger partial charge >= 0.3 is 0 Å². The van der Waals surface area contributed by atoms with Crippen LogP contribution in [0.1, 0.15) is 47.8 Å². The Morgan fingerprint density at radius 3 is 3.00 bits per heavy atom. The number of hydrogen-bond donors (Lipinski definition) is 1. The highest BCUT2D eigenvalue weighted by molar-refractivity contribution is 5.77. The molecule has 1 fully saturated rings. The number of aromatic nitrogens is 2. The molecule has 29 heavy (non-hydrogen) atoms. The molecule has 3 aliphatic rings. The second kappa shape index (κ2) is 8.11. The summed E-state index contributed by atoms with van der Waals surface area (Å²) in [5.41, 5.74) is 4.94. The Morgan fingerprint density at radius 1 is 1.17 bits per heavy atom. The Labute approximate surface area is 172 Å². The number of piperidine rings is 1. The Kier molecular flexibility index (Phi) is 5.19. The van der Waals surface area contributed by atoms with Gasteiger partial charge in [-0.25, -0.2) is 9.97 Å². The van der Waals surface area contributed by atoms with Crippen molar-refractivity contribution in [3.8, 4) is 0 Å². The first-order chi connectivity index (χ1) is 14.3. The average molecular weight is 392 g/mol. The van der Waals surface area contributed by atoms with Crippen molar-refractivity contribution in [3.63, 3.8) is 0 Å². The first-order valence-corrected chi connectivity index (χ1v) is 10.9. The molecule has 5 rings (SSSR count). The van der Waals surface area contributed by atoms with Gasteiger partial charge in [0.2, 0.25) is 5.91 Å². The molecule has 152 valence electrons. The zero-order valence-electron chi connectivity index (χ0n) is 16.9. The summed E-state index contributed by atoms with van der Waals surface area (Å²) in [7, 11) is 0. The van der Waals surface area contributed by atoms with E-state index in [0.717, 1.165) is 69.1 Å². The Bertz CT molecular complexity index is 893. The third-order valence-corrected chi connectivity index (χ3v) is 6.55. The fourth-order valence-corrected chi connectivity index (χ4v) is 4.84. The number of anilines is 1. The number of hydrogen-bond acceptors (Lipinski definition) is 5. The van der Waals surface area contributed by atoms with Crippen molar-refractivity contribution in [1.29, 1.82) is 0 Å². The number of nitrogens with zero attached hydrogens (tertiary/aromatic N) is 4. The maximum Gasteiger partial charge on any atom is 0.224 e. The standard InChI is InChI=1S/C23H29N5O/c29-22(9-13-27-11-7-17-4-1-2-6-21(17)27)28-12-8-20-19(16-28)15-25-23(26-20)18-5-3-10-24-14-18/h1-2,4,6,15,18,24H,3,5,7-14,16H2/t18-/m0/s1. The normalized spacial score (nSPS) is 21.0. The van der Waals surface area contributed by atoms with E-state index in [0.29, 0.717) is 18.9 Å². The van der Waals surface area contributed by atoms with Gasteiger partial charge in [0.1, 0.15) is 5.82 Å². The van der Waals surface area contributed by atoms with Gasteiger partial charge in [0.25, 0.3) is 0 Å². The van der Waals surface area contributed by atoms with Crippen molar-refractivity contribution in [2.45, 2.75) is 44.6 Å². The maximum atomic E-state index is 12.8. The summed E-state index contributed by atoms with van der Waals surface area (Å²) in [6.07, 6.45) is 6.80. The number of rotatable bonds is 4. The Hall–Kier alpha value is -2.47. The minimum Gasteiger partial charge on any atom is -0.370 e. The summed E-state index contributed by atoms with van der Waals surface area (Å²) in [6, 6.07) is 8.53. The molecule has 1 N–H and O–H groups in total. The van der Waals surface area contributed by atoms with Gasteiger partial charge in [-0.2, -0.15) is 0 Å². The molecular formula is C23H29N5O. The minimum atomic E-state index is 0.237. The van der Waals surface area contributed by atoms with Gasteiger partial charge in [0.05, 0.1) is 5.69 Å². The molecule has 0 spiro atoms. The van der Waals surface area contributed by atoms with E-state index >= 15 is 0 Å². The van der Waals surface area contributed by atoms with Crippen LogP contribution in [0.2, 0.25) is 0 Å². The van der Waals surface area contributed by atoms with Crippen LogP contribution < -0.4 is 10.2 Å². The van der Waals surface area contributed by atoms with Crippen LogP contribution in [0.5, 0.6) is 0 Å². The number of para-hydroxylation sites is 1. The predicted molar refractivity (Wildman–Crippen MR) is 113 cm³/mol. The van der Waals surface area contributed by atoms with E-state index in [1.54, 1.807) is 0 Å². The van der Waals surface area contributed by atoms with Gasteiger partial charge in [-0.1, -0.05) is 18.2 Å². The highest BCUT2D eigenvalue weighted by Crippen LogP contribution is 2.28. The van der Waals surface area contributed by atoms with E-state index in [2.05, 4.69) is 39.5 Å². The molecule has 4 heterocycles. The number of nitrogens with one attached hydrogen (secondary N) is 1. The van der Waals surface area contributed by atoms with Crippen LogP contribution >= 0.6 is 0 Å². The minimum absolute atomic E-state index is 0.237. The van der Waals surface area contributed by atoms with Crippen LogP contribution in [0, 0.1) is 0 Å². The fourth-order valence-electron chi connectivity index (χ4n) is 4.84. The van der Waals surface area contributed by atoms with Crippen molar-refractivity contribution < 1.29 is 4.79 Å². The predicted octanol–water partition coefficient (Wildman–Crippen LogP) is 2.28. The van der Waals surface area contributed by atoms with Crippen LogP contribution in [0.3, 0.4) is 0 Å². The third kappa shape index (κ3) is 3.86. The number of carbonyl (C=O) groups is 1. The van der Waals surface area contributed by atoms with Gasteiger partial charge in [-0.15, -0.1) is 0 Å². The maximum absolute atomic E-state index is 12.8. The molecule has 3 aliphatic heterocycles. The summed E-state index contributed by atoms with van der Waals surface area (Å²) in [5.74, 6) is 1.64. The molecule has 0 unspecified atom stereocenters. The molecule has 0 aliphatic carbocycles. The lowest BCUT2D eigenvalue weighted by atomic mass is 9.98. The largest absolute Gasteiger partial charge is 0.370 e. The number of benzene rings is 1. The van der Waals surface area contributed by atoms with Crippen molar-refractivity contribution in [1.82, 2.24) is 20.2 Å². The zero-order chi connectivity index (χ0) is 19.6. The SMILES string of the molecule is O=C(CCN1CCc2ccccc21)N1CCc2nc([C@H]3CCCNC3)ncc2C1. The molecule has 1 amide bonds. The fraction of sp³-hybridized carbons (Fsp3) is 0.522. The molecule has 1 atom stereocenters. The molecular weight excluding hydrogens is 362 g/mol. The van der Waals surface area contributed by atoms with Crippen LogP contribution in [0.4, 0.5) is 5.69 Å². The topological polar surface area (TPSA) is 61.4 Å². The molecule has 1 aromatic carbocycles. The quantitative estimate of drug-likeness (QED) is 0.866. The Morgan fingerprint density at radius 2 is 2.10 bits per heavy atom. The lowest BCUT2D eigenvalue weighted by molar-refractivity contribution is -0.131. The lowest BCUT2D eigenvalue weighted by Crippen LogP contribution is -2.38. The van der Waals surface area contributed by atoms with Crippen LogP contribution in [0.25, 0.3) is 0 Å². The molecule has 0 bridgehead atoms. The number of fused-ring (bicyclic) bond motifs is 2. The smallest absolute Gasteiger partial charge is 0.224 e. The molecule has 1 saturated heterocycles. The van der Waals surface area contributed by atoms with Gasteiger partial charge in [-0.3, -0.25) is 4.79 Å². The number of amides is 1. The van der Waals surface area contributed by atoms with Gasteiger partial charge < -0.3 is 15.1 Å². The van der Waals surface area contributed by atoms with Crippen molar-refractivity contribution in [3.05, 3.63) is 53.1 Å². The summed E-state index contributed by atoms with van der Waals surface area (Å²) < 4.78 is 0. The van der Waals surface area contributed by atoms with Gasteiger partial charge in [0.15, 0.2) is 0 Å². The highest BCUT2D eigenvalue weighted by atomic mass is 16.2. The van der Waals surface area contributed by atoms with Gasteiger partial charge in [0, 0.05) is 68.9 Å². The van der Waals surface area contributed by atoms with E-state index in [4.69, 9.17) is 4.98 Å². The second-order valence-electron chi connectivity index (χ2n) is 8.42. The molecule has 6 nitrogen and oxygen atoms in total. The van der Waals surface area contributed by atoms with Crippen molar-refractivity contribution in [2.24, 2.45) is 0 Å². The van der Waals surface area contributed by atoms with Crippen molar-refractivity contribution >= 4 is 11.6 Å². The van der Waals surface area contributed by atoms with E-state index in [1.807, 2.05) is 11.1 Å². The van der Waals surface area contributed by atoms with Crippen LogP contribution in [-0.2, 0) is 24.2 Å². The van der Waals surface area contributed by atoms with E-state index in [9.17, 15) is 4.79 Å². The van der Waals surface area contributed by atoms with Crippen LogP contribution in [-0.4, -0.2) is 53.5 Å². The molecule has 6 heteroatoms. The second-order valence-corrected chi connectivity index (χ2v) is 8.42. The third-order valence-electron chi connectivity index (χ3n) is 6.55. The van der Waals surface area contributed by atoms with E-state index in [1.165, 1.54) is 17.7 Å². The molecule has 1 aromatic heterocycles. The molecule has 2 aromatic rings.